The predicted octanol–water partition coefficient (Wildman–Crippen LogP) is 6.92. The van der Waals surface area contributed by atoms with E-state index in [4.69, 9.17) is 23.7 Å². The SMILES string of the molecule is C.C=CC[C@H](CC(=O)N[C@@H](Cc1ccc(OC(C)(C)C)cc1)C(=O)N(Cc1cccc(OC)c1OC)CC(OCC)OCC)NC(=O)NCc1ccccc1.S. The fraction of sp³-hybridized carbons (Fsp3) is 0.465. The van der Waals surface area contributed by atoms with E-state index in [1.165, 1.54) is 0 Å². The van der Waals surface area contributed by atoms with Crippen LogP contribution in [0.5, 0.6) is 17.2 Å². The zero-order valence-corrected chi connectivity index (χ0v) is 34.3. The van der Waals surface area contributed by atoms with E-state index in [2.05, 4.69) is 22.5 Å². The summed E-state index contributed by atoms with van der Waals surface area (Å²) in [5.41, 5.74) is 2.06. The Kier molecular flexibility index (Phi) is 22.4. The minimum absolute atomic E-state index is 0. The van der Waals surface area contributed by atoms with Crippen LogP contribution in [0.4, 0.5) is 4.79 Å². The zero-order valence-electron chi connectivity index (χ0n) is 33.3. The predicted molar refractivity (Wildman–Crippen MR) is 227 cm³/mol. The van der Waals surface area contributed by atoms with Crippen LogP contribution >= 0.6 is 13.5 Å². The molecule has 13 heteroatoms. The topological polar surface area (TPSA) is 137 Å². The number of nitrogens with one attached hydrogen (secondary N) is 3. The van der Waals surface area contributed by atoms with Crippen molar-refractivity contribution in [1.29, 1.82) is 0 Å². The highest BCUT2D eigenvalue weighted by molar-refractivity contribution is 7.59. The second-order valence-electron chi connectivity index (χ2n) is 13.6. The molecule has 0 saturated heterocycles. The van der Waals surface area contributed by atoms with Crippen molar-refractivity contribution in [2.45, 2.75) is 98.4 Å². The lowest BCUT2D eigenvalue weighted by Gasteiger charge is -2.32. The molecule has 0 bridgehead atoms. The Labute approximate surface area is 341 Å². The van der Waals surface area contributed by atoms with E-state index in [9.17, 15) is 14.4 Å². The highest BCUT2D eigenvalue weighted by atomic mass is 32.1. The Balaban J connectivity index is 0.00000784. The van der Waals surface area contributed by atoms with E-state index in [-0.39, 0.29) is 58.4 Å². The number of para-hydroxylation sites is 1. The maximum absolute atomic E-state index is 14.8. The number of ether oxygens (including phenoxy) is 5. The molecule has 0 unspecified atom stereocenters. The second-order valence-corrected chi connectivity index (χ2v) is 13.6. The van der Waals surface area contributed by atoms with Crippen molar-refractivity contribution in [1.82, 2.24) is 20.9 Å². The molecule has 0 fully saturated rings. The largest absolute Gasteiger partial charge is 0.493 e. The monoisotopic (exact) mass is 796 g/mol. The van der Waals surface area contributed by atoms with Crippen molar-refractivity contribution >= 4 is 31.3 Å². The average molecular weight is 797 g/mol. The Hall–Kier alpha value is -4.72. The van der Waals surface area contributed by atoms with Gasteiger partial charge in [0.15, 0.2) is 17.8 Å². The summed E-state index contributed by atoms with van der Waals surface area (Å²) in [6.45, 7) is 14.7. The maximum atomic E-state index is 14.8. The molecule has 0 heterocycles. The number of benzene rings is 3. The number of hydrogen-bond donors (Lipinski definition) is 3. The number of carbonyl (C=O) groups is 3. The molecule has 0 aliphatic rings. The third kappa shape index (κ3) is 17.0. The van der Waals surface area contributed by atoms with Gasteiger partial charge in [0.05, 0.1) is 20.8 Å². The molecule has 56 heavy (non-hydrogen) atoms. The molecule has 12 nitrogen and oxygen atoms in total. The molecule has 4 amide bonds. The van der Waals surface area contributed by atoms with Crippen LogP contribution in [0.2, 0.25) is 0 Å². The molecule has 0 spiro atoms. The fourth-order valence-electron chi connectivity index (χ4n) is 5.81. The first kappa shape index (κ1) is 49.3. The van der Waals surface area contributed by atoms with Gasteiger partial charge in [-0.3, -0.25) is 9.59 Å². The summed E-state index contributed by atoms with van der Waals surface area (Å²) < 4.78 is 29.0. The van der Waals surface area contributed by atoms with Crippen LogP contribution in [0.3, 0.4) is 0 Å². The second kappa shape index (κ2) is 25.4. The van der Waals surface area contributed by atoms with Gasteiger partial charge in [-0.15, -0.1) is 6.58 Å². The number of hydrogen-bond acceptors (Lipinski definition) is 8. The summed E-state index contributed by atoms with van der Waals surface area (Å²) in [6, 6.07) is 20.5. The number of nitrogens with zero attached hydrogens (tertiary/aromatic N) is 1. The molecule has 0 aromatic heterocycles. The lowest BCUT2D eigenvalue weighted by atomic mass is 10.0. The molecule has 0 aliphatic carbocycles. The minimum Gasteiger partial charge on any atom is -0.493 e. The summed E-state index contributed by atoms with van der Waals surface area (Å²) in [7, 11) is 3.10. The number of urea groups is 1. The van der Waals surface area contributed by atoms with Gasteiger partial charge in [-0.1, -0.05) is 68.1 Å². The van der Waals surface area contributed by atoms with Gasteiger partial charge >= 0.3 is 6.03 Å². The summed E-state index contributed by atoms with van der Waals surface area (Å²) in [5.74, 6) is 0.915. The van der Waals surface area contributed by atoms with E-state index in [0.717, 1.165) is 11.1 Å². The number of rotatable bonds is 22. The van der Waals surface area contributed by atoms with Crippen LogP contribution in [0.15, 0.2) is 85.5 Å². The Morgan fingerprint density at radius 3 is 2.09 bits per heavy atom. The lowest BCUT2D eigenvalue weighted by molar-refractivity contribution is -0.161. The van der Waals surface area contributed by atoms with Crippen LogP contribution < -0.4 is 30.2 Å². The first-order valence-corrected chi connectivity index (χ1v) is 18.4. The smallest absolute Gasteiger partial charge is 0.315 e. The average Bonchev–Trinajstić information content (AvgIpc) is 3.13. The van der Waals surface area contributed by atoms with Crippen molar-refractivity contribution in [3.05, 3.63) is 102 Å². The summed E-state index contributed by atoms with van der Waals surface area (Å²) >= 11 is 0. The highest BCUT2D eigenvalue weighted by Crippen LogP contribution is 2.32. The van der Waals surface area contributed by atoms with Crippen molar-refractivity contribution in [2.24, 2.45) is 0 Å². The standard InChI is InChI=1S/C42H58N4O8.CH4.H2S/c1-9-16-33(44-41(49)43-27-31-17-13-12-14-18-31)26-37(47)45-35(25-30-21-23-34(24-22-30)54-42(4,5)6)40(48)46(29-38(52-10-2)53-11-3)28-32-19-15-20-36(50-7)39(32)51-8;;/h9,12-15,17-24,33,35,38H,1,10-11,16,25-29H2,2-8H3,(H,45,47)(H2,43,44,49);1H4;1H2/t33-,35+;;/m1../s1. The van der Waals surface area contributed by atoms with Gasteiger partial charge in [0.2, 0.25) is 11.8 Å². The van der Waals surface area contributed by atoms with E-state index in [1.54, 1.807) is 31.3 Å². The number of methoxy groups -OCH3 is 2. The molecule has 0 radical (unpaired) electrons. The number of amides is 4. The molecule has 3 N–H and O–H groups in total. The van der Waals surface area contributed by atoms with Gasteiger partial charge in [0, 0.05) is 50.8 Å². The van der Waals surface area contributed by atoms with Crippen LogP contribution in [0, 0.1) is 0 Å². The Bertz CT molecular complexity index is 1610. The molecule has 3 rings (SSSR count). The van der Waals surface area contributed by atoms with Gasteiger partial charge in [0.25, 0.3) is 0 Å². The van der Waals surface area contributed by atoms with Crippen molar-refractivity contribution in [2.75, 3.05) is 34.0 Å². The van der Waals surface area contributed by atoms with Gasteiger partial charge in [-0.2, -0.15) is 13.5 Å². The van der Waals surface area contributed by atoms with E-state index >= 15 is 0 Å². The van der Waals surface area contributed by atoms with E-state index in [1.807, 2.05) is 101 Å². The number of carbonyl (C=O) groups excluding carboxylic acids is 3. The van der Waals surface area contributed by atoms with E-state index < -0.39 is 30.3 Å². The normalized spacial score (nSPS) is 11.9. The van der Waals surface area contributed by atoms with Crippen LogP contribution in [0.1, 0.15) is 71.6 Å². The molecule has 2 atom stereocenters. The van der Waals surface area contributed by atoms with E-state index in [0.29, 0.717) is 49.0 Å². The van der Waals surface area contributed by atoms with Gasteiger partial charge in [0.1, 0.15) is 17.4 Å². The first-order valence-electron chi connectivity index (χ1n) is 18.4. The summed E-state index contributed by atoms with van der Waals surface area (Å²) in [6.07, 6.45) is 1.35. The van der Waals surface area contributed by atoms with Crippen molar-refractivity contribution in [3.63, 3.8) is 0 Å². The molecular formula is C43H64N4O8S. The lowest BCUT2D eigenvalue weighted by Crippen LogP contribution is -2.52. The van der Waals surface area contributed by atoms with Crippen molar-refractivity contribution in [3.8, 4) is 17.2 Å². The molecular weight excluding hydrogens is 733 g/mol. The molecule has 3 aromatic carbocycles. The highest BCUT2D eigenvalue weighted by Gasteiger charge is 2.31. The molecule has 3 aromatic rings. The first-order chi connectivity index (χ1) is 25.9. The Morgan fingerprint density at radius 2 is 1.52 bits per heavy atom. The summed E-state index contributed by atoms with van der Waals surface area (Å²) in [5, 5.41) is 8.70. The van der Waals surface area contributed by atoms with Crippen LogP contribution in [-0.2, 0) is 38.6 Å². The fourth-order valence-corrected chi connectivity index (χ4v) is 5.81. The third-order valence-corrected chi connectivity index (χ3v) is 8.17. The van der Waals surface area contributed by atoms with Gasteiger partial charge in [-0.25, -0.2) is 4.79 Å². The molecule has 0 aliphatic heterocycles. The van der Waals surface area contributed by atoms with Gasteiger partial charge < -0.3 is 44.5 Å². The zero-order chi connectivity index (χ0) is 39.5. The minimum atomic E-state index is -0.997. The van der Waals surface area contributed by atoms with Crippen LogP contribution in [0.25, 0.3) is 0 Å². The Morgan fingerprint density at radius 1 is 0.857 bits per heavy atom. The maximum Gasteiger partial charge on any atom is 0.315 e. The van der Waals surface area contributed by atoms with Gasteiger partial charge in [-0.05, 0) is 70.4 Å². The third-order valence-electron chi connectivity index (χ3n) is 8.17. The quantitative estimate of drug-likeness (QED) is 0.0737. The molecule has 0 saturated carbocycles. The van der Waals surface area contributed by atoms with Crippen LogP contribution in [-0.4, -0.2) is 80.7 Å². The van der Waals surface area contributed by atoms with Crippen molar-refractivity contribution < 1.29 is 38.1 Å². The summed E-state index contributed by atoms with van der Waals surface area (Å²) in [4.78, 5) is 43.0. The molecule has 310 valence electrons.